The van der Waals surface area contributed by atoms with Gasteiger partial charge in [0.25, 0.3) is 5.91 Å². The molecule has 3 aromatic carbocycles. The summed E-state index contributed by atoms with van der Waals surface area (Å²) >= 11 is 11.9. The normalized spacial score (nSPS) is 11.5. The Labute approximate surface area is 172 Å². The van der Waals surface area contributed by atoms with Gasteiger partial charge in [0.2, 0.25) is 0 Å². The van der Waals surface area contributed by atoms with Gasteiger partial charge < -0.3 is 4.57 Å². The molecule has 0 saturated carbocycles. The fraction of sp³-hybridized carbons (Fsp3) is 0.0909. The Morgan fingerprint density at radius 3 is 2.61 bits per heavy atom. The van der Waals surface area contributed by atoms with Crippen molar-refractivity contribution in [1.82, 2.24) is 9.99 Å². The highest BCUT2D eigenvalue weighted by Gasteiger charge is 2.11. The molecule has 0 aliphatic heterocycles. The molecule has 1 aromatic heterocycles. The molecule has 0 saturated heterocycles. The van der Waals surface area contributed by atoms with Crippen molar-refractivity contribution in [1.29, 1.82) is 0 Å². The Bertz CT molecular complexity index is 1230. The molecular formula is C22H17Cl2N3O. The third-order valence-electron chi connectivity index (χ3n) is 4.67. The van der Waals surface area contributed by atoms with Crippen molar-refractivity contribution in [3.63, 3.8) is 0 Å². The smallest absolute Gasteiger partial charge is 0.272 e. The van der Waals surface area contributed by atoms with Crippen molar-refractivity contribution in [2.75, 3.05) is 0 Å². The van der Waals surface area contributed by atoms with Crippen molar-refractivity contribution >= 4 is 57.1 Å². The van der Waals surface area contributed by atoms with Crippen LogP contribution in [-0.4, -0.2) is 16.7 Å². The maximum absolute atomic E-state index is 12.2. The van der Waals surface area contributed by atoms with E-state index in [1.807, 2.05) is 18.2 Å². The van der Waals surface area contributed by atoms with Crippen LogP contribution >= 0.6 is 23.2 Å². The van der Waals surface area contributed by atoms with E-state index in [2.05, 4.69) is 46.3 Å². The number of aryl methyl sites for hydroxylation is 1. The van der Waals surface area contributed by atoms with Crippen molar-refractivity contribution in [3.05, 3.63) is 81.8 Å². The second-order valence-corrected chi connectivity index (χ2v) is 7.20. The monoisotopic (exact) mass is 409 g/mol. The van der Waals surface area contributed by atoms with Gasteiger partial charge in [-0.3, -0.25) is 4.79 Å². The number of fused-ring (bicyclic) bond motifs is 3. The van der Waals surface area contributed by atoms with E-state index in [1.54, 1.807) is 18.3 Å². The molecule has 4 aromatic rings. The zero-order valence-electron chi connectivity index (χ0n) is 15.1. The maximum atomic E-state index is 12.2. The van der Waals surface area contributed by atoms with Crippen LogP contribution in [0.25, 0.3) is 21.8 Å². The highest BCUT2D eigenvalue weighted by molar-refractivity contribution is 6.36. The largest absolute Gasteiger partial charge is 0.341 e. The van der Waals surface area contributed by atoms with Crippen LogP contribution in [0, 0.1) is 0 Å². The molecule has 0 fully saturated rings. The first-order valence-corrected chi connectivity index (χ1v) is 9.63. The van der Waals surface area contributed by atoms with Crippen molar-refractivity contribution in [2.24, 2.45) is 5.10 Å². The molecule has 6 heteroatoms. The number of nitrogens with zero attached hydrogens (tertiary/aromatic N) is 2. The van der Waals surface area contributed by atoms with Gasteiger partial charge in [-0.15, -0.1) is 0 Å². The summed E-state index contributed by atoms with van der Waals surface area (Å²) in [5, 5.41) is 7.20. The van der Waals surface area contributed by atoms with E-state index in [1.165, 1.54) is 22.5 Å². The highest BCUT2D eigenvalue weighted by Crippen LogP contribution is 2.29. The topological polar surface area (TPSA) is 46.4 Å². The van der Waals surface area contributed by atoms with Crippen molar-refractivity contribution in [2.45, 2.75) is 13.5 Å². The molecular weight excluding hydrogens is 393 g/mol. The molecule has 0 radical (unpaired) electrons. The first-order valence-electron chi connectivity index (χ1n) is 8.88. The SMILES string of the molecule is CCn1c2ccccc2c2cc(/C=N/NC(=O)c3ccc(Cl)cc3Cl)ccc21. The predicted octanol–water partition coefficient (Wildman–Crippen LogP) is 5.89. The first kappa shape index (κ1) is 18.5. The zero-order chi connectivity index (χ0) is 19.7. The summed E-state index contributed by atoms with van der Waals surface area (Å²) in [6.45, 7) is 3.04. The molecule has 0 bridgehead atoms. The minimum Gasteiger partial charge on any atom is -0.341 e. The van der Waals surface area contributed by atoms with Gasteiger partial charge in [-0.25, -0.2) is 5.43 Å². The Hall–Kier alpha value is -2.82. The van der Waals surface area contributed by atoms with Crippen LogP contribution in [0.5, 0.6) is 0 Å². The molecule has 0 unspecified atom stereocenters. The second kappa shape index (κ2) is 7.66. The standard InChI is InChI=1S/C22H17Cl2N3O/c1-2-27-20-6-4-3-5-16(20)18-11-14(7-10-21(18)27)13-25-26-22(28)17-9-8-15(23)12-19(17)24/h3-13H,2H2,1H3,(H,26,28)/b25-13+. The summed E-state index contributed by atoms with van der Waals surface area (Å²) in [6, 6.07) is 19.2. The number of hydrogen-bond donors (Lipinski definition) is 1. The van der Waals surface area contributed by atoms with E-state index in [0.717, 1.165) is 17.5 Å². The van der Waals surface area contributed by atoms with Crippen LogP contribution in [0.4, 0.5) is 0 Å². The number of aromatic nitrogens is 1. The number of benzene rings is 3. The van der Waals surface area contributed by atoms with Gasteiger partial charge >= 0.3 is 0 Å². The predicted molar refractivity (Wildman–Crippen MR) is 117 cm³/mol. The van der Waals surface area contributed by atoms with Crippen LogP contribution in [0.1, 0.15) is 22.8 Å². The van der Waals surface area contributed by atoms with Crippen LogP contribution in [0.15, 0.2) is 65.8 Å². The molecule has 1 heterocycles. The number of amides is 1. The van der Waals surface area contributed by atoms with E-state index < -0.39 is 0 Å². The van der Waals surface area contributed by atoms with E-state index in [-0.39, 0.29) is 10.9 Å². The van der Waals surface area contributed by atoms with Gasteiger partial charge in [-0.1, -0.05) is 47.5 Å². The lowest BCUT2D eigenvalue weighted by Gasteiger charge is -2.03. The van der Waals surface area contributed by atoms with Gasteiger partial charge in [0.1, 0.15) is 0 Å². The number of halogens is 2. The number of rotatable bonds is 4. The Morgan fingerprint density at radius 1 is 1.04 bits per heavy atom. The van der Waals surface area contributed by atoms with Crippen molar-refractivity contribution < 1.29 is 4.79 Å². The van der Waals surface area contributed by atoms with Crippen LogP contribution in [0.2, 0.25) is 10.0 Å². The molecule has 0 aliphatic carbocycles. The zero-order valence-corrected chi connectivity index (χ0v) is 16.6. The molecule has 140 valence electrons. The Morgan fingerprint density at radius 2 is 1.82 bits per heavy atom. The summed E-state index contributed by atoms with van der Waals surface area (Å²) in [5.41, 5.74) is 6.11. The second-order valence-electron chi connectivity index (χ2n) is 6.36. The summed E-state index contributed by atoms with van der Waals surface area (Å²) < 4.78 is 2.29. The lowest BCUT2D eigenvalue weighted by molar-refractivity contribution is 0.0955. The minimum atomic E-state index is -0.387. The highest BCUT2D eigenvalue weighted by atomic mass is 35.5. The Balaban J connectivity index is 1.61. The summed E-state index contributed by atoms with van der Waals surface area (Å²) in [5.74, 6) is -0.387. The minimum absolute atomic E-state index is 0.286. The van der Waals surface area contributed by atoms with E-state index >= 15 is 0 Å². The number of para-hydroxylation sites is 1. The fourth-order valence-corrected chi connectivity index (χ4v) is 3.89. The average Bonchev–Trinajstić information content (AvgIpc) is 3.01. The van der Waals surface area contributed by atoms with Gasteiger partial charge in [-0.2, -0.15) is 5.10 Å². The van der Waals surface area contributed by atoms with Gasteiger partial charge in [-0.05, 0) is 48.9 Å². The molecule has 1 amide bonds. The maximum Gasteiger partial charge on any atom is 0.272 e. The van der Waals surface area contributed by atoms with E-state index in [0.29, 0.717) is 10.6 Å². The lowest BCUT2D eigenvalue weighted by Crippen LogP contribution is -2.18. The van der Waals surface area contributed by atoms with E-state index in [9.17, 15) is 4.79 Å². The summed E-state index contributed by atoms with van der Waals surface area (Å²) in [6.07, 6.45) is 1.62. The van der Waals surface area contributed by atoms with Crippen LogP contribution < -0.4 is 5.43 Å². The number of nitrogens with one attached hydrogen (secondary N) is 1. The third-order valence-corrected chi connectivity index (χ3v) is 5.22. The third kappa shape index (κ3) is 3.37. The molecule has 4 rings (SSSR count). The van der Waals surface area contributed by atoms with Crippen molar-refractivity contribution in [3.8, 4) is 0 Å². The number of carbonyl (C=O) groups excluding carboxylic acids is 1. The number of hydrazone groups is 1. The van der Waals surface area contributed by atoms with Crippen LogP contribution in [0.3, 0.4) is 0 Å². The lowest BCUT2D eigenvalue weighted by atomic mass is 10.1. The van der Waals surface area contributed by atoms with Gasteiger partial charge in [0, 0.05) is 33.4 Å². The molecule has 4 nitrogen and oxygen atoms in total. The fourth-order valence-electron chi connectivity index (χ4n) is 3.39. The number of hydrogen-bond acceptors (Lipinski definition) is 2. The van der Waals surface area contributed by atoms with Crippen LogP contribution in [-0.2, 0) is 6.54 Å². The van der Waals surface area contributed by atoms with E-state index in [4.69, 9.17) is 23.2 Å². The summed E-state index contributed by atoms with van der Waals surface area (Å²) in [7, 11) is 0. The molecule has 0 atom stereocenters. The molecule has 0 aliphatic rings. The Kier molecular flexibility index (Phi) is 5.07. The molecule has 0 spiro atoms. The molecule has 1 N–H and O–H groups in total. The number of carbonyl (C=O) groups is 1. The average molecular weight is 410 g/mol. The van der Waals surface area contributed by atoms with Gasteiger partial charge in [0.05, 0.1) is 16.8 Å². The molecule has 28 heavy (non-hydrogen) atoms. The van der Waals surface area contributed by atoms with Gasteiger partial charge in [0.15, 0.2) is 0 Å². The summed E-state index contributed by atoms with van der Waals surface area (Å²) in [4.78, 5) is 12.2. The first-order chi connectivity index (χ1) is 13.6. The quantitative estimate of drug-likeness (QED) is 0.331.